The van der Waals surface area contributed by atoms with Crippen LogP contribution in [0.2, 0.25) is 0 Å². The van der Waals surface area contributed by atoms with E-state index in [0.717, 1.165) is 15.7 Å². The maximum absolute atomic E-state index is 11.7. The Hall–Kier alpha value is -1.62. The van der Waals surface area contributed by atoms with E-state index in [9.17, 15) is 4.79 Å². The molecule has 2 rings (SSSR count). The molecule has 0 spiro atoms. The third kappa shape index (κ3) is 2.14. The molecule has 1 aromatic carbocycles. The molecular weight excluding hydrogens is 270 g/mol. The van der Waals surface area contributed by atoms with Crippen LogP contribution in [0.5, 0.6) is 0 Å². The van der Waals surface area contributed by atoms with Gasteiger partial charge < -0.3 is 5.32 Å². The van der Waals surface area contributed by atoms with Gasteiger partial charge in [-0.15, -0.1) is 0 Å². The molecule has 2 aromatic rings. The predicted molar refractivity (Wildman–Crippen MR) is 65.4 cm³/mol. The Labute approximate surface area is 101 Å². The molecular formula is C11H10BrN3O. The van der Waals surface area contributed by atoms with Gasteiger partial charge in [0.15, 0.2) is 0 Å². The first-order valence-electron chi connectivity index (χ1n) is 4.73. The zero-order valence-corrected chi connectivity index (χ0v) is 10.2. The second-order valence-electron chi connectivity index (χ2n) is 3.38. The van der Waals surface area contributed by atoms with Gasteiger partial charge in [-0.25, -0.2) is 0 Å². The standard InChI is InChI=1S/C11H10BrN3O/c1-7-3-2-4-9(10(7)12)15-11(16)8-5-13-14-6-8/h2-6H,1H3,(H,13,14)(H,15,16). The lowest BCUT2D eigenvalue weighted by atomic mass is 10.2. The number of rotatable bonds is 2. The van der Waals surface area contributed by atoms with Crippen LogP contribution in [0.25, 0.3) is 0 Å². The van der Waals surface area contributed by atoms with Gasteiger partial charge in [0, 0.05) is 10.7 Å². The Morgan fingerprint density at radius 3 is 3.00 bits per heavy atom. The van der Waals surface area contributed by atoms with Crippen LogP contribution < -0.4 is 5.32 Å². The van der Waals surface area contributed by atoms with Crippen molar-refractivity contribution in [3.05, 3.63) is 46.2 Å². The highest BCUT2D eigenvalue weighted by molar-refractivity contribution is 9.10. The van der Waals surface area contributed by atoms with Gasteiger partial charge in [-0.3, -0.25) is 9.89 Å². The van der Waals surface area contributed by atoms with Crippen molar-refractivity contribution in [1.29, 1.82) is 0 Å². The molecule has 5 heteroatoms. The number of halogens is 1. The van der Waals surface area contributed by atoms with Gasteiger partial charge in [-0.05, 0) is 34.5 Å². The Balaban J connectivity index is 2.22. The molecule has 1 heterocycles. The number of H-pyrrole nitrogens is 1. The lowest BCUT2D eigenvalue weighted by Gasteiger charge is -2.07. The molecule has 0 saturated heterocycles. The van der Waals surface area contributed by atoms with E-state index in [1.165, 1.54) is 6.20 Å². The molecule has 16 heavy (non-hydrogen) atoms. The van der Waals surface area contributed by atoms with Crippen LogP contribution in [0.15, 0.2) is 35.1 Å². The second-order valence-corrected chi connectivity index (χ2v) is 4.17. The van der Waals surface area contributed by atoms with Gasteiger partial charge in [0.25, 0.3) is 5.91 Å². The summed E-state index contributed by atoms with van der Waals surface area (Å²) in [7, 11) is 0. The van der Waals surface area contributed by atoms with Crippen molar-refractivity contribution in [1.82, 2.24) is 10.2 Å². The van der Waals surface area contributed by atoms with E-state index < -0.39 is 0 Å². The first kappa shape index (κ1) is 10.9. The first-order chi connectivity index (χ1) is 7.68. The van der Waals surface area contributed by atoms with Gasteiger partial charge >= 0.3 is 0 Å². The van der Waals surface area contributed by atoms with Gasteiger partial charge in [-0.2, -0.15) is 5.10 Å². The number of anilines is 1. The summed E-state index contributed by atoms with van der Waals surface area (Å²) in [6.07, 6.45) is 3.04. The van der Waals surface area contributed by atoms with Crippen LogP contribution in [0.3, 0.4) is 0 Å². The topological polar surface area (TPSA) is 57.8 Å². The van der Waals surface area contributed by atoms with Crippen LogP contribution in [0.1, 0.15) is 15.9 Å². The summed E-state index contributed by atoms with van der Waals surface area (Å²) in [5.41, 5.74) is 2.34. The zero-order chi connectivity index (χ0) is 11.5. The van der Waals surface area contributed by atoms with Crippen molar-refractivity contribution >= 4 is 27.5 Å². The summed E-state index contributed by atoms with van der Waals surface area (Å²) in [6, 6.07) is 5.71. The number of carbonyl (C=O) groups is 1. The minimum atomic E-state index is -0.181. The minimum Gasteiger partial charge on any atom is -0.321 e. The molecule has 0 aliphatic rings. The lowest BCUT2D eigenvalue weighted by molar-refractivity contribution is 0.102. The van der Waals surface area contributed by atoms with Gasteiger partial charge in [-0.1, -0.05) is 12.1 Å². The van der Waals surface area contributed by atoms with E-state index in [-0.39, 0.29) is 5.91 Å². The third-order valence-electron chi connectivity index (χ3n) is 2.20. The largest absolute Gasteiger partial charge is 0.321 e. The quantitative estimate of drug-likeness (QED) is 0.888. The SMILES string of the molecule is Cc1cccc(NC(=O)c2cn[nH]c2)c1Br. The number of hydrogen-bond acceptors (Lipinski definition) is 2. The highest BCUT2D eigenvalue weighted by Gasteiger charge is 2.09. The fourth-order valence-corrected chi connectivity index (χ4v) is 1.68. The number of benzene rings is 1. The number of carbonyl (C=O) groups excluding carboxylic acids is 1. The van der Waals surface area contributed by atoms with E-state index in [1.54, 1.807) is 6.20 Å². The number of aromatic amines is 1. The number of amides is 1. The molecule has 0 aliphatic carbocycles. The third-order valence-corrected chi connectivity index (χ3v) is 3.25. The summed E-state index contributed by atoms with van der Waals surface area (Å²) >= 11 is 3.43. The minimum absolute atomic E-state index is 0.181. The number of hydrogen-bond donors (Lipinski definition) is 2. The predicted octanol–water partition coefficient (Wildman–Crippen LogP) is 2.73. The van der Waals surface area contributed by atoms with Gasteiger partial charge in [0.1, 0.15) is 0 Å². The highest BCUT2D eigenvalue weighted by Crippen LogP contribution is 2.25. The van der Waals surface area contributed by atoms with Crippen molar-refractivity contribution < 1.29 is 4.79 Å². The van der Waals surface area contributed by atoms with Crippen LogP contribution in [-0.2, 0) is 0 Å². The summed E-state index contributed by atoms with van der Waals surface area (Å²) in [4.78, 5) is 11.7. The summed E-state index contributed by atoms with van der Waals surface area (Å²) in [5, 5.41) is 9.13. The molecule has 0 saturated carbocycles. The van der Waals surface area contributed by atoms with E-state index in [2.05, 4.69) is 31.4 Å². The number of nitrogens with one attached hydrogen (secondary N) is 2. The molecule has 0 fully saturated rings. The normalized spacial score (nSPS) is 10.1. The van der Waals surface area contributed by atoms with Crippen LogP contribution >= 0.6 is 15.9 Å². The van der Waals surface area contributed by atoms with Crippen molar-refractivity contribution in [2.45, 2.75) is 6.92 Å². The molecule has 0 radical (unpaired) electrons. The summed E-state index contributed by atoms with van der Waals surface area (Å²) in [6.45, 7) is 1.97. The van der Waals surface area contributed by atoms with Crippen molar-refractivity contribution in [3.8, 4) is 0 Å². The smallest absolute Gasteiger partial charge is 0.258 e. The molecule has 0 unspecified atom stereocenters. The van der Waals surface area contributed by atoms with E-state index in [1.807, 2.05) is 25.1 Å². The van der Waals surface area contributed by atoms with Crippen LogP contribution in [0.4, 0.5) is 5.69 Å². The lowest BCUT2D eigenvalue weighted by Crippen LogP contribution is -2.11. The molecule has 82 valence electrons. The number of aromatic nitrogens is 2. The summed E-state index contributed by atoms with van der Waals surface area (Å²) in [5.74, 6) is -0.181. The molecule has 0 bridgehead atoms. The number of aryl methyl sites for hydroxylation is 1. The average Bonchev–Trinajstić information content (AvgIpc) is 2.78. The molecule has 2 N–H and O–H groups in total. The molecule has 4 nitrogen and oxygen atoms in total. The van der Waals surface area contributed by atoms with Crippen LogP contribution in [-0.4, -0.2) is 16.1 Å². The Morgan fingerprint density at radius 1 is 1.50 bits per heavy atom. The van der Waals surface area contributed by atoms with Crippen molar-refractivity contribution in [2.75, 3.05) is 5.32 Å². The molecule has 1 aromatic heterocycles. The Bertz CT molecular complexity index is 508. The average molecular weight is 280 g/mol. The van der Waals surface area contributed by atoms with Crippen molar-refractivity contribution in [2.24, 2.45) is 0 Å². The molecule has 0 atom stereocenters. The van der Waals surface area contributed by atoms with E-state index in [0.29, 0.717) is 5.56 Å². The maximum Gasteiger partial charge on any atom is 0.258 e. The van der Waals surface area contributed by atoms with Crippen LogP contribution in [0, 0.1) is 6.92 Å². The Kier molecular flexibility index (Phi) is 3.05. The second kappa shape index (κ2) is 4.49. The zero-order valence-electron chi connectivity index (χ0n) is 8.62. The highest BCUT2D eigenvalue weighted by atomic mass is 79.9. The number of nitrogens with zero attached hydrogens (tertiary/aromatic N) is 1. The first-order valence-corrected chi connectivity index (χ1v) is 5.53. The van der Waals surface area contributed by atoms with Crippen molar-refractivity contribution in [3.63, 3.8) is 0 Å². The van der Waals surface area contributed by atoms with E-state index >= 15 is 0 Å². The summed E-state index contributed by atoms with van der Waals surface area (Å²) < 4.78 is 0.895. The van der Waals surface area contributed by atoms with E-state index in [4.69, 9.17) is 0 Å². The molecule has 1 amide bonds. The van der Waals surface area contributed by atoms with Gasteiger partial charge in [0.2, 0.25) is 0 Å². The molecule has 0 aliphatic heterocycles. The monoisotopic (exact) mass is 279 g/mol. The maximum atomic E-state index is 11.7. The Morgan fingerprint density at radius 2 is 2.31 bits per heavy atom. The fourth-order valence-electron chi connectivity index (χ4n) is 1.31. The fraction of sp³-hybridized carbons (Fsp3) is 0.0909. The van der Waals surface area contributed by atoms with Gasteiger partial charge in [0.05, 0.1) is 17.4 Å².